The second-order valence-corrected chi connectivity index (χ2v) is 11.0. The first-order valence-electron chi connectivity index (χ1n) is 10.8. The van der Waals surface area contributed by atoms with Gasteiger partial charge >= 0.3 is 6.18 Å². The van der Waals surface area contributed by atoms with Crippen LogP contribution in [0, 0.1) is 5.82 Å². The lowest BCUT2D eigenvalue weighted by Crippen LogP contribution is -2.35. The Kier molecular flexibility index (Phi) is 7.32. The molecule has 36 heavy (non-hydrogen) atoms. The number of amides is 1. The second-order valence-electron chi connectivity index (χ2n) is 8.72. The predicted octanol–water partition coefficient (Wildman–Crippen LogP) is 5.44. The van der Waals surface area contributed by atoms with Crippen molar-refractivity contribution < 1.29 is 31.3 Å². The minimum absolute atomic E-state index is 0.0716. The average Bonchev–Trinajstić information content (AvgIpc) is 3.57. The third kappa shape index (κ3) is 6.38. The first kappa shape index (κ1) is 26.0. The predicted molar refractivity (Wildman–Crippen MR) is 130 cm³/mol. The van der Waals surface area contributed by atoms with Gasteiger partial charge in [0.05, 0.1) is 28.2 Å². The van der Waals surface area contributed by atoms with E-state index in [1.807, 2.05) is 0 Å². The number of halogens is 4. The number of anilines is 2. The highest BCUT2D eigenvalue weighted by molar-refractivity contribution is 7.87. The van der Waals surface area contributed by atoms with Crippen molar-refractivity contribution in [3.63, 3.8) is 0 Å². The number of nitrogens with one attached hydrogen (secondary N) is 2. The summed E-state index contributed by atoms with van der Waals surface area (Å²) in [6.45, 7) is 1.81. The van der Waals surface area contributed by atoms with E-state index in [1.54, 1.807) is 19.2 Å². The third-order valence-corrected chi connectivity index (χ3v) is 7.75. The van der Waals surface area contributed by atoms with Crippen molar-refractivity contribution in [3.05, 3.63) is 53.6 Å². The molecule has 0 saturated heterocycles. The molecule has 2 heterocycles. The molecule has 192 valence electrons. The lowest BCUT2D eigenvalue weighted by Gasteiger charge is -2.22. The summed E-state index contributed by atoms with van der Waals surface area (Å²) in [4.78, 5) is 21.2. The second kappa shape index (κ2) is 10.1. The summed E-state index contributed by atoms with van der Waals surface area (Å²) in [7, 11) is -1.21. The SMILES string of the molecule is CC(C)(C(=O)Nc1ccc(-c2cncc(OCC(F)(F)F)c2)cc1F)c1csc(NS(=O)C2CC2)n1. The van der Waals surface area contributed by atoms with Gasteiger partial charge < -0.3 is 10.1 Å². The number of hydrogen-bond acceptors (Lipinski definition) is 6. The van der Waals surface area contributed by atoms with Gasteiger partial charge in [-0.05, 0) is 50.5 Å². The van der Waals surface area contributed by atoms with Gasteiger partial charge in [0.2, 0.25) is 5.91 Å². The Morgan fingerprint density at radius 1 is 1.19 bits per heavy atom. The molecule has 1 saturated carbocycles. The van der Waals surface area contributed by atoms with Gasteiger partial charge in [0.25, 0.3) is 0 Å². The Morgan fingerprint density at radius 3 is 2.61 bits per heavy atom. The van der Waals surface area contributed by atoms with Gasteiger partial charge in [0.1, 0.15) is 22.6 Å². The normalized spacial score (nSPS) is 14.8. The largest absolute Gasteiger partial charge is 0.482 e. The number of aromatic nitrogens is 2. The molecule has 0 spiro atoms. The molecule has 1 amide bonds. The third-order valence-electron chi connectivity index (χ3n) is 5.39. The van der Waals surface area contributed by atoms with Crippen molar-refractivity contribution >= 4 is 39.0 Å². The number of carbonyl (C=O) groups excluding carboxylic acids is 1. The van der Waals surface area contributed by atoms with E-state index >= 15 is 0 Å². The number of hydrogen-bond donors (Lipinski definition) is 2. The molecule has 1 unspecified atom stereocenters. The fraction of sp³-hybridized carbons (Fsp3) is 0.348. The van der Waals surface area contributed by atoms with Crippen LogP contribution >= 0.6 is 11.3 Å². The van der Waals surface area contributed by atoms with Crippen LogP contribution in [0.15, 0.2) is 42.0 Å². The number of pyridine rings is 1. The van der Waals surface area contributed by atoms with Crippen molar-refractivity contribution in [2.24, 2.45) is 0 Å². The molecule has 1 aromatic carbocycles. The van der Waals surface area contributed by atoms with Crippen LogP contribution in [0.2, 0.25) is 0 Å². The maximum absolute atomic E-state index is 14.8. The quantitative estimate of drug-likeness (QED) is 0.352. The molecule has 1 fully saturated rings. The molecule has 1 aliphatic rings. The number of carbonyl (C=O) groups is 1. The zero-order valence-corrected chi connectivity index (χ0v) is 20.8. The molecule has 2 N–H and O–H groups in total. The summed E-state index contributed by atoms with van der Waals surface area (Å²) in [5.41, 5.74) is -0.0559. The smallest absolute Gasteiger partial charge is 0.422 e. The highest BCUT2D eigenvalue weighted by Crippen LogP contribution is 2.32. The van der Waals surface area contributed by atoms with Crippen molar-refractivity contribution in [2.45, 2.75) is 43.5 Å². The Balaban J connectivity index is 1.44. The van der Waals surface area contributed by atoms with E-state index < -0.39 is 40.9 Å². The molecule has 3 aromatic rings. The topological polar surface area (TPSA) is 93.2 Å². The number of nitrogens with zero attached hydrogens (tertiary/aromatic N) is 2. The molecule has 0 bridgehead atoms. The monoisotopic (exact) mass is 542 g/mol. The Labute approximate surface area is 210 Å². The van der Waals surface area contributed by atoms with E-state index in [9.17, 15) is 26.6 Å². The zero-order valence-electron chi connectivity index (χ0n) is 19.2. The van der Waals surface area contributed by atoms with E-state index in [1.165, 1.54) is 35.7 Å². The molecule has 0 aliphatic heterocycles. The number of alkyl halides is 3. The van der Waals surface area contributed by atoms with E-state index in [0.717, 1.165) is 25.1 Å². The maximum atomic E-state index is 14.8. The van der Waals surface area contributed by atoms with Gasteiger partial charge in [-0.2, -0.15) is 13.2 Å². The fourth-order valence-corrected chi connectivity index (χ4v) is 5.18. The molecule has 13 heteroatoms. The molecule has 1 aliphatic carbocycles. The van der Waals surface area contributed by atoms with E-state index in [0.29, 0.717) is 22.0 Å². The number of benzene rings is 1. The molecule has 2 aromatic heterocycles. The molecule has 0 radical (unpaired) electrons. The van der Waals surface area contributed by atoms with Gasteiger partial charge in [0, 0.05) is 17.1 Å². The van der Waals surface area contributed by atoms with E-state index in [2.05, 4.69) is 20.0 Å². The molecule has 1 atom stereocenters. The number of rotatable bonds is 9. The van der Waals surface area contributed by atoms with Crippen molar-refractivity contribution in [1.29, 1.82) is 0 Å². The van der Waals surface area contributed by atoms with Gasteiger partial charge in [-0.25, -0.2) is 13.6 Å². The minimum Gasteiger partial charge on any atom is -0.482 e. The summed E-state index contributed by atoms with van der Waals surface area (Å²) >= 11 is 1.23. The molecule has 4 rings (SSSR count). The Bertz CT molecular complexity index is 1290. The Morgan fingerprint density at radius 2 is 1.94 bits per heavy atom. The zero-order chi connectivity index (χ0) is 26.1. The summed E-state index contributed by atoms with van der Waals surface area (Å²) in [5, 5.41) is 4.82. The lowest BCUT2D eigenvalue weighted by molar-refractivity contribution is -0.153. The van der Waals surface area contributed by atoms with E-state index in [-0.39, 0.29) is 16.7 Å². The van der Waals surface area contributed by atoms with Crippen molar-refractivity contribution in [3.8, 4) is 16.9 Å². The van der Waals surface area contributed by atoms with Crippen LogP contribution in [0.4, 0.5) is 28.4 Å². The summed E-state index contributed by atoms with van der Waals surface area (Å²) in [6, 6.07) is 5.33. The maximum Gasteiger partial charge on any atom is 0.422 e. The van der Waals surface area contributed by atoms with Gasteiger partial charge in [-0.1, -0.05) is 6.07 Å². The molecule has 7 nitrogen and oxygen atoms in total. The first-order chi connectivity index (χ1) is 16.9. The van der Waals surface area contributed by atoms with Crippen LogP contribution in [0.3, 0.4) is 0 Å². The molecular weight excluding hydrogens is 520 g/mol. The summed E-state index contributed by atoms with van der Waals surface area (Å²) < 4.78 is 71.6. The van der Waals surface area contributed by atoms with Crippen molar-refractivity contribution in [2.75, 3.05) is 16.6 Å². The summed E-state index contributed by atoms with van der Waals surface area (Å²) in [5.74, 6) is -1.35. The average molecular weight is 543 g/mol. The number of thiazole rings is 1. The van der Waals surface area contributed by atoms with Crippen LogP contribution in [0.25, 0.3) is 11.1 Å². The van der Waals surface area contributed by atoms with Crippen LogP contribution in [0.1, 0.15) is 32.4 Å². The standard InChI is InChI=1S/C23H22F4N4O3S2/c1-22(2,19-11-35-21(30-19)31-36(33)16-4-5-16)20(32)29-18-6-3-13(8-17(18)24)14-7-15(10-28-9-14)34-12-23(25,26)27/h3,6-11,16H,4-5,12H2,1-2H3,(H,29,32)(H,30,31). The minimum atomic E-state index is -4.50. The van der Waals surface area contributed by atoms with Gasteiger partial charge in [-0.3, -0.25) is 14.5 Å². The van der Waals surface area contributed by atoms with E-state index in [4.69, 9.17) is 4.74 Å². The fourth-order valence-electron chi connectivity index (χ4n) is 3.07. The molecular formula is C23H22F4N4O3S2. The highest BCUT2D eigenvalue weighted by Gasteiger charge is 2.34. The lowest BCUT2D eigenvalue weighted by atomic mass is 9.89. The van der Waals surface area contributed by atoms with Gasteiger partial charge in [0.15, 0.2) is 11.7 Å². The first-order valence-corrected chi connectivity index (χ1v) is 12.9. The number of ether oxygens (including phenoxy) is 1. The van der Waals surface area contributed by atoms with Crippen LogP contribution in [-0.2, 0) is 21.2 Å². The van der Waals surface area contributed by atoms with Crippen LogP contribution < -0.4 is 14.8 Å². The van der Waals surface area contributed by atoms with Crippen LogP contribution in [-0.4, -0.2) is 38.1 Å². The van der Waals surface area contributed by atoms with Crippen molar-refractivity contribution in [1.82, 2.24) is 9.97 Å². The highest BCUT2D eigenvalue weighted by atomic mass is 32.2. The Hall–Kier alpha value is -3.06. The van der Waals surface area contributed by atoms with Crippen LogP contribution in [0.5, 0.6) is 5.75 Å². The van der Waals surface area contributed by atoms with Gasteiger partial charge in [-0.15, -0.1) is 11.3 Å². The summed E-state index contributed by atoms with van der Waals surface area (Å²) in [6.07, 6.45) is -0.193.